The molecule has 0 saturated carbocycles. The molecule has 0 bridgehead atoms. The van der Waals surface area contributed by atoms with E-state index in [9.17, 15) is 4.79 Å². The van der Waals surface area contributed by atoms with Gasteiger partial charge in [0.25, 0.3) is 0 Å². The summed E-state index contributed by atoms with van der Waals surface area (Å²) in [6.45, 7) is 8.16. The number of hydrogen-bond acceptors (Lipinski definition) is 2. The molecule has 3 nitrogen and oxygen atoms in total. The van der Waals surface area contributed by atoms with Gasteiger partial charge < -0.3 is 5.32 Å². The number of hydrogen-bond donors (Lipinski definition) is 1. The molecule has 0 aliphatic carbocycles. The van der Waals surface area contributed by atoms with Crippen molar-refractivity contribution in [2.24, 2.45) is 0 Å². The van der Waals surface area contributed by atoms with Crippen LogP contribution in [0, 0.1) is 6.92 Å². The molecular formula is C12H22N2O. The van der Waals surface area contributed by atoms with E-state index in [0.29, 0.717) is 6.54 Å². The van der Waals surface area contributed by atoms with Crippen molar-refractivity contribution in [1.82, 2.24) is 10.3 Å². The number of aryl methyl sites for hydroxylation is 1. The van der Waals surface area contributed by atoms with E-state index >= 15 is 0 Å². The standard InChI is InChI=1S/C10H14N2O.C2H6.H2/c1-8-3-4-10(7-12-8)5-6-11-9(2)13;1-2;/h3-4,7H,5-6H2,1-2H3,(H,11,13);1-2H3;1H. The van der Waals surface area contributed by atoms with Gasteiger partial charge in [0.05, 0.1) is 0 Å². The maximum Gasteiger partial charge on any atom is 0.216 e. The fraction of sp³-hybridized carbons (Fsp3) is 0.500. The molecule has 0 radical (unpaired) electrons. The summed E-state index contributed by atoms with van der Waals surface area (Å²) < 4.78 is 0. The van der Waals surface area contributed by atoms with Crippen LogP contribution >= 0.6 is 0 Å². The molecule has 0 spiro atoms. The van der Waals surface area contributed by atoms with Gasteiger partial charge in [0.15, 0.2) is 0 Å². The van der Waals surface area contributed by atoms with Crippen molar-refractivity contribution in [3.05, 3.63) is 29.6 Å². The maximum atomic E-state index is 10.6. The fourth-order valence-corrected chi connectivity index (χ4v) is 1.03. The highest BCUT2D eigenvalue weighted by Crippen LogP contribution is 1.99. The molecule has 1 N–H and O–H groups in total. The van der Waals surface area contributed by atoms with Crippen LogP contribution in [-0.2, 0) is 11.2 Å². The van der Waals surface area contributed by atoms with Gasteiger partial charge in [-0.15, -0.1) is 0 Å². The molecule has 1 rings (SSSR count). The van der Waals surface area contributed by atoms with Gasteiger partial charge in [-0.3, -0.25) is 9.78 Å². The zero-order valence-corrected chi connectivity index (χ0v) is 10.0. The van der Waals surface area contributed by atoms with Crippen molar-refractivity contribution >= 4 is 5.91 Å². The first-order valence-corrected chi connectivity index (χ1v) is 5.34. The number of nitrogens with one attached hydrogen (secondary N) is 1. The summed E-state index contributed by atoms with van der Waals surface area (Å²) in [6.07, 6.45) is 2.68. The number of nitrogens with zero attached hydrogens (tertiary/aromatic N) is 1. The summed E-state index contributed by atoms with van der Waals surface area (Å²) in [5.41, 5.74) is 2.17. The highest BCUT2D eigenvalue weighted by Gasteiger charge is 1.94. The maximum absolute atomic E-state index is 10.6. The third-order valence-electron chi connectivity index (χ3n) is 1.76. The third kappa shape index (κ3) is 6.66. The minimum absolute atomic E-state index is 0. The van der Waals surface area contributed by atoms with Gasteiger partial charge in [-0.25, -0.2) is 0 Å². The Kier molecular flexibility index (Phi) is 7.24. The molecule has 1 aromatic heterocycles. The SMILES string of the molecule is CC.CC(=O)NCCc1ccc(C)nc1.[HH]. The van der Waals surface area contributed by atoms with Crippen LogP contribution in [0.1, 0.15) is 33.5 Å². The first-order chi connectivity index (χ1) is 7.18. The minimum Gasteiger partial charge on any atom is -0.356 e. The average Bonchev–Trinajstić information content (AvgIpc) is 2.23. The molecule has 1 amide bonds. The van der Waals surface area contributed by atoms with E-state index in [-0.39, 0.29) is 7.33 Å². The Bertz CT molecular complexity index is 286. The molecule has 1 aromatic rings. The average molecular weight is 210 g/mol. The second-order valence-electron chi connectivity index (χ2n) is 3.04. The zero-order chi connectivity index (χ0) is 11.7. The second-order valence-corrected chi connectivity index (χ2v) is 3.04. The van der Waals surface area contributed by atoms with Crippen LogP contribution < -0.4 is 5.32 Å². The van der Waals surface area contributed by atoms with Gasteiger partial charge in [-0.2, -0.15) is 0 Å². The van der Waals surface area contributed by atoms with Crippen molar-refractivity contribution in [3.8, 4) is 0 Å². The third-order valence-corrected chi connectivity index (χ3v) is 1.76. The molecule has 0 fully saturated rings. The number of aromatic nitrogens is 1. The molecule has 86 valence electrons. The van der Waals surface area contributed by atoms with E-state index in [1.165, 1.54) is 6.92 Å². The van der Waals surface area contributed by atoms with Crippen LogP contribution in [0.4, 0.5) is 0 Å². The second kappa shape index (κ2) is 7.97. The fourth-order valence-electron chi connectivity index (χ4n) is 1.03. The Morgan fingerprint density at radius 2 is 2.13 bits per heavy atom. The smallest absolute Gasteiger partial charge is 0.216 e. The number of carbonyl (C=O) groups excluding carboxylic acids is 1. The lowest BCUT2D eigenvalue weighted by Crippen LogP contribution is -2.22. The minimum atomic E-state index is 0. The summed E-state index contributed by atoms with van der Waals surface area (Å²) in [4.78, 5) is 14.7. The van der Waals surface area contributed by atoms with Crippen LogP contribution in [0.3, 0.4) is 0 Å². The van der Waals surface area contributed by atoms with Crippen molar-refractivity contribution < 1.29 is 6.22 Å². The molecule has 0 aliphatic rings. The number of pyridine rings is 1. The Morgan fingerprint density at radius 3 is 2.60 bits per heavy atom. The lowest BCUT2D eigenvalue weighted by atomic mass is 10.2. The lowest BCUT2D eigenvalue weighted by molar-refractivity contribution is -0.118. The number of amides is 1. The topological polar surface area (TPSA) is 42.0 Å². The van der Waals surface area contributed by atoms with Crippen LogP contribution in [0.15, 0.2) is 18.3 Å². The summed E-state index contributed by atoms with van der Waals surface area (Å²) in [5.74, 6) is 0.0140. The van der Waals surface area contributed by atoms with E-state index in [1.807, 2.05) is 39.1 Å². The van der Waals surface area contributed by atoms with Crippen LogP contribution in [0.25, 0.3) is 0 Å². The van der Waals surface area contributed by atoms with Crippen molar-refractivity contribution in [2.75, 3.05) is 6.54 Å². The van der Waals surface area contributed by atoms with Crippen molar-refractivity contribution in [1.29, 1.82) is 0 Å². The largest absolute Gasteiger partial charge is 0.356 e. The van der Waals surface area contributed by atoms with Gasteiger partial charge in [-0.05, 0) is 25.0 Å². The van der Waals surface area contributed by atoms with E-state index < -0.39 is 0 Å². The monoisotopic (exact) mass is 210 g/mol. The van der Waals surface area contributed by atoms with E-state index in [1.54, 1.807) is 0 Å². The molecule has 15 heavy (non-hydrogen) atoms. The van der Waals surface area contributed by atoms with Gasteiger partial charge in [0.2, 0.25) is 5.91 Å². The van der Waals surface area contributed by atoms with Crippen LogP contribution in [0.2, 0.25) is 0 Å². The number of rotatable bonds is 3. The van der Waals surface area contributed by atoms with Crippen LogP contribution in [-0.4, -0.2) is 17.4 Å². The quantitative estimate of drug-likeness (QED) is 0.832. The van der Waals surface area contributed by atoms with Crippen LogP contribution in [0.5, 0.6) is 0 Å². The first-order valence-electron chi connectivity index (χ1n) is 5.34. The molecular weight excluding hydrogens is 188 g/mol. The lowest BCUT2D eigenvalue weighted by Gasteiger charge is -2.01. The van der Waals surface area contributed by atoms with Gasteiger partial charge >= 0.3 is 0 Å². The molecule has 0 aromatic carbocycles. The predicted octanol–water partition coefficient (Wildman–Crippen LogP) is 2.34. The van der Waals surface area contributed by atoms with E-state index in [2.05, 4.69) is 10.3 Å². The van der Waals surface area contributed by atoms with Gasteiger partial charge in [-0.1, -0.05) is 19.9 Å². The summed E-state index contributed by atoms with van der Waals surface area (Å²) in [7, 11) is 0. The highest BCUT2D eigenvalue weighted by molar-refractivity contribution is 5.72. The highest BCUT2D eigenvalue weighted by atomic mass is 16.1. The Labute approximate surface area is 93.4 Å². The first kappa shape index (κ1) is 13.6. The summed E-state index contributed by atoms with van der Waals surface area (Å²) in [6, 6.07) is 4.01. The molecule has 1 heterocycles. The normalized spacial score (nSPS) is 8.80. The Hall–Kier alpha value is -1.38. The predicted molar refractivity (Wildman–Crippen MR) is 64.8 cm³/mol. The molecule has 0 unspecified atom stereocenters. The van der Waals surface area contributed by atoms with E-state index in [4.69, 9.17) is 0 Å². The Balaban J connectivity index is 0. The van der Waals surface area contributed by atoms with Crippen molar-refractivity contribution in [2.45, 2.75) is 34.1 Å². The van der Waals surface area contributed by atoms with Gasteiger partial charge in [0.1, 0.15) is 0 Å². The van der Waals surface area contributed by atoms with E-state index in [0.717, 1.165) is 17.7 Å². The number of carbonyl (C=O) groups is 1. The van der Waals surface area contributed by atoms with Crippen molar-refractivity contribution in [3.63, 3.8) is 0 Å². The van der Waals surface area contributed by atoms with Gasteiger partial charge in [0, 0.05) is 26.8 Å². The summed E-state index contributed by atoms with van der Waals surface area (Å²) >= 11 is 0. The zero-order valence-electron chi connectivity index (χ0n) is 10.0. The Morgan fingerprint density at radius 1 is 1.47 bits per heavy atom. The molecule has 0 aliphatic heterocycles. The molecule has 0 saturated heterocycles. The molecule has 0 atom stereocenters. The summed E-state index contributed by atoms with van der Waals surface area (Å²) in [5, 5.41) is 2.74. The molecule has 3 heteroatoms.